The molecule has 23 heavy (non-hydrogen) atoms. The smallest absolute Gasteiger partial charge is 0.233 e. The molecular weight excluding hydrogens is 314 g/mol. The first-order chi connectivity index (χ1) is 11.1. The molecule has 1 amide bonds. The van der Waals surface area contributed by atoms with Crippen LogP contribution in [-0.4, -0.2) is 44.5 Å². The van der Waals surface area contributed by atoms with E-state index in [4.69, 9.17) is 10.3 Å². The molecule has 0 aliphatic carbocycles. The molecule has 8 heteroatoms. The maximum atomic E-state index is 12.3. The third-order valence-electron chi connectivity index (χ3n) is 4.10. The molecule has 1 saturated heterocycles. The van der Waals surface area contributed by atoms with Crippen molar-refractivity contribution in [2.24, 2.45) is 5.92 Å². The molecule has 3 rings (SSSR count). The number of nitrogens with zero attached hydrogens (tertiary/aromatic N) is 4. The summed E-state index contributed by atoms with van der Waals surface area (Å²) in [6, 6.07) is 1.80. The topological polar surface area (TPSA) is 90.2 Å². The molecule has 1 unspecified atom stereocenters. The van der Waals surface area contributed by atoms with E-state index in [1.54, 1.807) is 12.3 Å². The number of nitrogens with two attached hydrogens (primary N) is 1. The molecule has 2 N–H and O–H groups in total. The van der Waals surface area contributed by atoms with E-state index < -0.39 is 0 Å². The van der Waals surface area contributed by atoms with Crippen LogP contribution in [-0.2, 0) is 4.79 Å². The minimum atomic E-state index is 0.130. The lowest BCUT2D eigenvalue weighted by atomic mass is 10.0. The van der Waals surface area contributed by atoms with Crippen molar-refractivity contribution in [1.29, 1.82) is 0 Å². The van der Waals surface area contributed by atoms with Gasteiger partial charge in [-0.1, -0.05) is 18.7 Å². The lowest BCUT2D eigenvalue weighted by Crippen LogP contribution is -2.40. The van der Waals surface area contributed by atoms with Crippen LogP contribution < -0.4 is 5.84 Å². The van der Waals surface area contributed by atoms with Gasteiger partial charge >= 0.3 is 0 Å². The normalized spacial score (nSPS) is 18.3. The maximum Gasteiger partial charge on any atom is 0.233 e. The Kier molecular flexibility index (Phi) is 4.61. The van der Waals surface area contributed by atoms with Gasteiger partial charge in [0.2, 0.25) is 11.1 Å². The van der Waals surface area contributed by atoms with Crippen LogP contribution in [0.25, 0.3) is 11.4 Å². The first kappa shape index (κ1) is 15.9. The van der Waals surface area contributed by atoms with E-state index in [2.05, 4.69) is 17.1 Å². The summed E-state index contributed by atoms with van der Waals surface area (Å²) in [5.74, 6) is 8.36. The zero-order chi connectivity index (χ0) is 16.4. The van der Waals surface area contributed by atoms with Gasteiger partial charge in [-0.25, -0.2) is 4.68 Å². The van der Waals surface area contributed by atoms with Crippen LogP contribution in [0.15, 0.2) is 21.9 Å². The average Bonchev–Trinajstić information content (AvgIpc) is 3.10. The highest BCUT2D eigenvalue weighted by Crippen LogP contribution is 2.25. The van der Waals surface area contributed by atoms with Crippen LogP contribution in [0.3, 0.4) is 0 Å². The third-order valence-corrected chi connectivity index (χ3v) is 5.03. The van der Waals surface area contributed by atoms with Crippen LogP contribution in [0.1, 0.15) is 25.5 Å². The molecule has 1 atom stereocenters. The SMILES string of the molecule is Cc1occc1-c1nnc(SCC(=O)N2CCCC(C)C2)n1N. The Bertz CT molecular complexity index is 696. The molecular formula is C15H21N5O2S. The van der Waals surface area contributed by atoms with Gasteiger partial charge in [-0.2, -0.15) is 0 Å². The van der Waals surface area contributed by atoms with E-state index in [-0.39, 0.29) is 5.91 Å². The van der Waals surface area contributed by atoms with E-state index in [0.29, 0.717) is 22.7 Å². The maximum absolute atomic E-state index is 12.3. The van der Waals surface area contributed by atoms with Crippen molar-refractivity contribution in [2.75, 3.05) is 24.7 Å². The van der Waals surface area contributed by atoms with Crippen molar-refractivity contribution in [1.82, 2.24) is 19.8 Å². The van der Waals surface area contributed by atoms with E-state index in [1.165, 1.54) is 22.9 Å². The number of furan rings is 1. The van der Waals surface area contributed by atoms with Gasteiger partial charge in [-0.05, 0) is 31.7 Å². The van der Waals surface area contributed by atoms with Gasteiger partial charge in [0, 0.05) is 13.1 Å². The number of thioether (sulfide) groups is 1. The zero-order valence-electron chi connectivity index (χ0n) is 13.4. The van der Waals surface area contributed by atoms with Crippen molar-refractivity contribution < 1.29 is 9.21 Å². The largest absolute Gasteiger partial charge is 0.469 e. The van der Waals surface area contributed by atoms with Crippen LogP contribution in [0.2, 0.25) is 0 Å². The number of piperidine rings is 1. The molecule has 2 aromatic heterocycles. The summed E-state index contributed by atoms with van der Waals surface area (Å²) in [7, 11) is 0. The van der Waals surface area contributed by atoms with Crippen LogP contribution in [0.4, 0.5) is 0 Å². The van der Waals surface area contributed by atoms with Gasteiger partial charge < -0.3 is 15.2 Å². The van der Waals surface area contributed by atoms with E-state index in [1.807, 2.05) is 11.8 Å². The molecule has 1 aliphatic heterocycles. The number of hydrogen-bond acceptors (Lipinski definition) is 6. The number of likely N-dealkylation sites (tertiary alicyclic amines) is 1. The fourth-order valence-corrected chi connectivity index (χ4v) is 3.57. The Morgan fingerprint density at radius 1 is 1.52 bits per heavy atom. The summed E-state index contributed by atoms with van der Waals surface area (Å²) in [5, 5.41) is 8.71. The molecule has 124 valence electrons. The summed E-state index contributed by atoms with van der Waals surface area (Å²) in [6.07, 6.45) is 3.86. The summed E-state index contributed by atoms with van der Waals surface area (Å²) in [5.41, 5.74) is 0.808. The molecule has 0 aromatic carbocycles. The number of rotatable bonds is 4. The van der Waals surface area contributed by atoms with Crippen molar-refractivity contribution in [2.45, 2.75) is 31.8 Å². The Morgan fingerprint density at radius 3 is 3.04 bits per heavy atom. The summed E-state index contributed by atoms with van der Waals surface area (Å²) in [6.45, 7) is 5.72. The Morgan fingerprint density at radius 2 is 2.35 bits per heavy atom. The van der Waals surface area contributed by atoms with Gasteiger partial charge in [0.1, 0.15) is 5.76 Å². The Labute approximate surface area is 139 Å². The first-order valence-electron chi connectivity index (χ1n) is 7.71. The molecule has 0 bridgehead atoms. The lowest BCUT2D eigenvalue weighted by molar-refractivity contribution is -0.130. The van der Waals surface area contributed by atoms with E-state index in [9.17, 15) is 4.79 Å². The van der Waals surface area contributed by atoms with Gasteiger partial charge in [0.15, 0.2) is 5.82 Å². The molecule has 0 saturated carbocycles. The quantitative estimate of drug-likeness (QED) is 0.678. The Balaban J connectivity index is 1.64. The molecule has 7 nitrogen and oxygen atoms in total. The van der Waals surface area contributed by atoms with Crippen molar-refractivity contribution in [3.05, 3.63) is 18.1 Å². The minimum Gasteiger partial charge on any atom is -0.469 e. The number of amides is 1. The van der Waals surface area contributed by atoms with Crippen molar-refractivity contribution >= 4 is 17.7 Å². The number of carbonyl (C=O) groups excluding carboxylic acids is 1. The highest BCUT2D eigenvalue weighted by atomic mass is 32.2. The molecule has 3 heterocycles. The molecule has 2 aromatic rings. The third kappa shape index (κ3) is 3.36. The highest BCUT2D eigenvalue weighted by Gasteiger charge is 2.22. The fourth-order valence-electron chi connectivity index (χ4n) is 2.81. The van der Waals surface area contributed by atoms with Crippen LogP contribution in [0, 0.1) is 12.8 Å². The second kappa shape index (κ2) is 6.66. The predicted molar refractivity (Wildman–Crippen MR) is 88.3 cm³/mol. The average molecular weight is 335 g/mol. The van der Waals surface area contributed by atoms with Crippen LogP contribution in [0.5, 0.6) is 0 Å². The lowest BCUT2D eigenvalue weighted by Gasteiger charge is -2.30. The van der Waals surface area contributed by atoms with Crippen molar-refractivity contribution in [3.8, 4) is 11.4 Å². The number of aromatic nitrogens is 3. The van der Waals surface area contributed by atoms with E-state index in [0.717, 1.165) is 30.8 Å². The summed E-state index contributed by atoms with van der Waals surface area (Å²) < 4.78 is 6.68. The number of nitrogen functional groups attached to an aromatic ring is 1. The predicted octanol–water partition coefficient (Wildman–Crippen LogP) is 1.91. The number of carbonyl (C=O) groups is 1. The summed E-state index contributed by atoms with van der Waals surface area (Å²) >= 11 is 1.32. The van der Waals surface area contributed by atoms with Gasteiger partial charge in [0.25, 0.3) is 0 Å². The zero-order valence-corrected chi connectivity index (χ0v) is 14.2. The number of hydrogen-bond donors (Lipinski definition) is 1. The highest BCUT2D eigenvalue weighted by molar-refractivity contribution is 7.99. The molecule has 1 fully saturated rings. The summed E-state index contributed by atoms with van der Waals surface area (Å²) in [4.78, 5) is 14.2. The molecule has 0 radical (unpaired) electrons. The first-order valence-corrected chi connectivity index (χ1v) is 8.70. The monoisotopic (exact) mass is 335 g/mol. The molecule has 1 aliphatic rings. The van der Waals surface area contributed by atoms with Crippen LogP contribution >= 0.6 is 11.8 Å². The Hall–Kier alpha value is -1.96. The van der Waals surface area contributed by atoms with Gasteiger partial charge in [0.05, 0.1) is 17.6 Å². The fraction of sp³-hybridized carbons (Fsp3) is 0.533. The van der Waals surface area contributed by atoms with Gasteiger partial charge in [-0.15, -0.1) is 10.2 Å². The number of aryl methyl sites for hydroxylation is 1. The van der Waals surface area contributed by atoms with Crippen molar-refractivity contribution in [3.63, 3.8) is 0 Å². The van der Waals surface area contributed by atoms with E-state index >= 15 is 0 Å². The second-order valence-corrected chi connectivity index (χ2v) is 6.88. The molecule has 0 spiro atoms. The minimum absolute atomic E-state index is 0.130. The standard InChI is InChI=1S/C15H21N5O2S/c1-10-4-3-6-19(8-10)13(21)9-23-15-18-17-14(20(15)16)12-5-7-22-11(12)2/h5,7,10H,3-4,6,8-9,16H2,1-2H3. The second-order valence-electron chi connectivity index (χ2n) is 5.94. The van der Waals surface area contributed by atoms with Gasteiger partial charge in [-0.3, -0.25) is 4.79 Å².